The number of nitrogens with one attached hydrogen (secondary N) is 1. The van der Waals surface area contributed by atoms with Crippen LogP contribution in [0.25, 0.3) is 0 Å². The minimum Gasteiger partial charge on any atom is -0.480 e. The molecule has 0 saturated heterocycles. The van der Waals surface area contributed by atoms with Gasteiger partial charge < -0.3 is 15.3 Å². The molecule has 22 heavy (non-hydrogen) atoms. The first-order valence-corrected chi connectivity index (χ1v) is 7.24. The number of oxime groups is 1. The highest BCUT2D eigenvalue weighted by Crippen LogP contribution is 2.10. The van der Waals surface area contributed by atoms with E-state index in [1.165, 1.54) is 0 Å². The highest BCUT2D eigenvalue weighted by Gasteiger charge is 2.17. The quantitative estimate of drug-likeness (QED) is 0.572. The molecule has 0 radical (unpaired) electrons. The maximum absolute atomic E-state index is 11.2. The van der Waals surface area contributed by atoms with E-state index >= 15 is 0 Å². The standard InChI is InChI=1S/C17H24N2O3/c1-11(2)18-16(17(20)21)10-14-6-8-15(9-7-14)13(5)19-22-12(3)4/h6-9,12,16,18H,1,10H2,2-5H3,(H,20,21)/b19-13-. The van der Waals surface area contributed by atoms with Gasteiger partial charge in [0.25, 0.3) is 0 Å². The third kappa shape index (κ3) is 5.99. The van der Waals surface area contributed by atoms with Crippen LogP contribution in [0.2, 0.25) is 0 Å². The number of allylic oxidation sites excluding steroid dienone is 1. The van der Waals surface area contributed by atoms with Gasteiger partial charge in [-0.2, -0.15) is 0 Å². The maximum atomic E-state index is 11.2. The van der Waals surface area contributed by atoms with Gasteiger partial charge in [0.1, 0.15) is 12.1 Å². The number of carbonyl (C=O) groups is 1. The topological polar surface area (TPSA) is 70.9 Å². The van der Waals surface area contributed by atoms with E-state index in [1.54, 1.807) is 6.92 Å². The van der Waals surface area contributed by atoms with Gasteiger partial charge in [-0.1, -0.05) is 36.0 Å². The Morgan fingerprint density at radius 2 is 1.91 bits per heavy atom. The summed E-state index contributed by atoms with van der Waals surface area (Å²) >= 11 is 0. The second-order valence-electron chi connectivity index (χ2n) is 5.55. The second kappa shape index (κ2) is 8.22. The van der Waals surface area contributed by atoms with E-state index in [4.69, 9.17) is 4.84 Å². The average Bonchev–Trinajstić information content (AvgIpc) is 2.44. The highest BCUT2D eigenvalue weighted by molar-refractivity contribution is 5.98. The van der Waals surface area contributed by atoms with Crippen molar-refractivity contribution in [1.29, 1.82) is 0 Å². The van der Waals surface area contributed by atoms with Gasteiger partial charge in [-0.15, -0.1) is 0 Å². The molecule has 0 bridgehead atoms. The Morgan fingerprint density at radius 1 is 1.32 bits per heavy atom. The molecule has 0 aliphatic carbocycles. The van der Waals surface area contributed by atoms with Crippen LogP contribution in [-0.4, -0.2) is 28.9 Å². The second-order valence-corrected chi connectivity index (χ2v) is 5.55. The SMILES string of the molecule is C=C(C)NC(Cc1ccc(/C(C)=N\OC(C)C)cc1)C(=O)O. The number of carboxylic acids is 1. The fraction of sp³-hybridized carbons (Fsp3) is 0.412. The van der Waals surface area contributed by atoms with Crippen molar-refractivity contribution < 1.29 is 14.7 Å². The van der Waals surface area contributed by atoms with Gasteiger partial charge in [0.05, 0.1) is 5.71 Å². The molecule has 5 nitrogen and oxygen atoms in total. The Morgan fingerprint density at radius 3 is 2.36 bits per heavy atom. The molecule has 0 aromatic heterocycles. The highest BCUT2D eigenvalue weighted by atomic mass is 16.6. The van der Waals surface area contributed by atoms with Crippen molar-refractivity contribution in [3.63, 3.8) is 0 Å². The molecular weight excluding hydrogens is 280 g/mol. The molecule has 120 valence electrons. The van der Waals surface area contributed by atoms with E-state index in [-0.39, 0.29) is 6.10 Å². The molecule has 0 amide bonds. The molecule has 1 aromatic rings. The Balaban J connectivity index is 2.77. The first kappa shape index (κ1) is 17.8. The van der Waals surface area contributed by atoms with Crippen molar-refractivity contribution in [1.82, 2.24) is 5.32 Å². The van der Waals surface area contributed by atoms with Crippen LogP contribution in [0.3, 0.4) is 0 Å². The molecule has 0 aliphatic rings. The van der Waals surface area contributed by atoms with E-state index in [0.717, 1.165) is 16.8 Å². The fourth-order valence-corrected chi connectivity index (χ4v) is 1.85. The fourth-order valence-electron chi connectivity index (χ4n) is 1.85. The van der Waals surface area contributed by atoms with Gasteiger partial charge in [-0.3, -0.25) is 0 Å². The number of benzene rings is 1. The number of nitrogens with zero attached hydrogens (tertiary/aromatic N) is 1. The van der Waals surface area contributed by atoms with E-state index in [9.17, 15) is 9.90 Å². The van der Waals surface area contributed by atoms with Gasteiger partial charge >= 0.3 is 5.97 Å². The largest absolute Gasteiger partial charge is 0.480 e. The molecule has 0 heterocycles. The molecule has 5 heteroatoms. The van der Waals surface area contributed by atoms with Crippen molar-refractivity contribution in [2.24, 2.45) is 5.16 Å². The first-order chi connectivity index (χ1) is 10.3. The van der Waals surface area contributed by atoms with Crippen LogP contribution in [0, 0.1) is 0 Å². The van der Waals surface area contributed by atoms with Crippen LogP contribution in [0.1, 0.15) is 38.8 Å². The van der Waals surface area contributed by atoms with Crippen LogP contribution < -0.4 is 5.32 Å². The summed E-state index contributed by atoms with van der Waals surface area (Å²) in [6.45, 7) is 11.1. The molecule has 0 spiro atoms. The number of hydrogen-bond acceptors (Lipinski definition) is 4. The predicted molar refractivity (Wildman–Crippen MR) is 88.0 cm³/mol. The lowest BCUT2D eigenvalue weighted by Gasteiger charge is -2.15. The molecule has 0 fully saturated rings. The summed E-state index contributed by atoms with van der Waals surface area (Å²) in [5, 5.41) is 16.1. The molecule has 2 N–H and O–H groups in total. The van der Waals surface area contributed by atoms with E-state index in [1.807, 2.05) is 45.0 Å². The summed E-state index contributed by atoms with van der Waals surface area (Å²) in [4.78, 5) is 16.4. The Labute approximate surface area is 131 Å². The molecule has 1 aromatic carbocycles. The van der Waals surface area contributed by atoms with Crippen molar-refractivity contribution in [2.45, 2.75) is 46.3 Å². The minimum absolute atomic E-state index is 0.0405. The third-order valence-electron chi connectivity index (χ3n) is 2.93. The van der Waals surface area contributed by atoms with Crippen molar-refractivity contribution >= 4 is 11.7 Å². The van der Waals surface area contributed by atoms with Crippen LogP contribution in [0.4, 0.5) is 0 Å². The van der Waals surface area contributed by atoms with Crippen molar-refractivity contribution in [3.8, 4) is 0 Å². The third-order valence-corrected chi connectivity index (χ3v) is 2.93. The maximum Gasteiger partial charge on any atom is 0.326 e. The summed E-state index contributed by atoms with van der Waals surface area (Å²) in [6.07, 6.45) is 0.431. The lowest BCUT2D eigenvalue weighted by Crippen LogP contribution is -2.37. The number of aliphatic carboxylic acids is 1. The molecule has 1 rings (SSSR count). The predicted octanol–water partition coefficient (Wildman–Crippen LogP) is 2.95. The Bertz CT molecular complexity index is 548. The van der Waals surface area contributed by atoms with Crippen LogP contribution in [0.5, 0.6) is 0 Å². The van der Waals surface area contributed by atoms with E-state index in [2.05, 4.69) is 17.1 Å². The van der Waals surface area contributed by atoms with Crippen molar-refractivity contribution in [3.05, 3.63) is 47.7 Å². The van der Waals surface area contributed by atoms with Crippen LogP contribution in [-0.2, 0) is 16.1 Å². The van der Waals surface area contributed by atoms with Gasteiger partial charge in [0, 0.05) is 12.1 Å². The van der Waals surface area contributed by atoms with Crippen molar-refractivity contribution in [2.75, 3.05) is 0 Å². The molecule has 1 atom stereocenters. The first-order valence-electron chi connectivity index (χ1n) is 7.24. The zero-order valence-corrected chi connectivity index (χ0v) is 13.6. The van der Waals surface area contributed by atoms with Gasteiger partial charge in [-0.25, -0.2) is 4.79 Å². The normalized spacial score (nSPS) is 12.9. The molecular formula is C17H24N2O3. The van der Waals surface area contributed by atoms with Gasteiger partial charge in [0.2, 0.25) is 0 Å². The molecule has 1 unspecified atom stereocenters. The summed E-state index contributed by atoms with van der Waals surface area (Å²) in [5.41, 5.74) is 3.31. The summed E-state index contributed by atoms with van der Waals surface area (Å²) in [5.74, 6) is -0.893. The van der Waals surface area contributed by atoms with Crippen LogP contribution >= 0.6 is 0 Å². The van der Waals surface area contributed by atoms with E-state index in [0.29, 0.717) is 12.1 Å². The number of hydrogen-bond donors (Lipinski definition) is 2. The lowest BCUT2D eigenvalue weighted by atomic mass is 10.0. The number of carboxylic acid groups (broad SMARTS) is 1. The summed E-state index contributed by atoms with van der Waals surface area (Å²) in [7, 11) is 0. The molecule has 0 aliphatic heterocycles. The average molecular weight is 304 g/mol. The number of rotatable bonds is 8. The Kier molecular flexibility index (Phi) is 6.63. The smallest absolute Gasteiger partial charge is 0.326 e. The monoisotopic (exact) mass is 304 g/mol. The van der Waals surface area contributed by atoms with Gasteiger partial charge in [0.15, 0.2) is 0 Å². The lowest BCUT2D eigenvalue weighted by molar-refractivity contribution is -0.139. The van der Waals surface area contributed by atoms with Gasteiger partial charge in [-0.05, 0) is 38.8 Å². The van der Waals surface area contributed by atoms with Crippen LogP contribution in [0.15, 0.2) is 41.7 Å². The molecule has 0 saturated carbocycles. The van der Waals surface area contributed by atoms with E-state index < -0.39 is 12.0 Å². The summed E-state index contributed by atoms with van der Waals surface area (Å²) in [6, 6.07) is 6.96. The zero-order valence-electron chi connectivity index (χ0n) is 13.6. The zero-order chi connectivity index (χ0) is 16.7. The Hall–Kier alpha value is -2.30. The summed E-state index contributed by atoms with van der Waals surface area (Å²) < 4.78 is 0. The minimum atomic E-state index is -0.893.